The highest BCUT2D eigenvalue weighted by molar-refractivity contribution is 6.75. The van der Waals surface area contributed by atoms with Crippen molar-refractivity contribution >= 4 is 53.2 Å². The highest BCUT2D eigenvalue weighted by atomic mass is 35.6. The van der Waals surface area contributed by atoms with Crippen molar-refractivity contribution in [3.63, 3.8) is 0 Å². The van der Waals surface area contributed by atoms with E-state index in [1.807, 2.05) is 0 Å². The fourth-order valence-electron chi connectivity index (χ4n) is 1.57. The lowest BCUT2D eigenvalue weighted by Gasteiger charge is -2.22. The largest absolute Gasteiger partial charge is 0.463 e. The van der Waals surface area contributed by atoms with E-state index >= 15 is 0 Å². The molecule has 1 aliphatic heterocycles. The molecule has 0 amide bonds. The third-order valence-electron chi connectivity index (χ3n) is 2.45. The zero-order chi connectivity index (χ0) is 11.3. The van der Waals surface area contributed by atoms with Crippen molar-refractivity contribution in [3.8, 4) is 0 Å². The first-order valence-electron chi connectivity index (χ1n) is 4.95. The molecule has 7 heteroatoms. The number of nitrogens with one attached hydrogen (secondary N) is 1. The minimum Gasteiger partial charge on any atom is -0.463 e. The summed E-state index contributed by atoms with van der Waals surface area (Å²) in [4.78, 5) is 11.1. The van der Waals surface area contributed by atoms with E-state index in [2.05, 4.69) is 5.32 Å². The van der Waals surface area contributed by atoms with Gasteiger partial charge in [-0.05, 0) is 38.3 Å². The van der Waals surface area contributed by atoms with Gasteiger partial charge in [0.05, 0.1) is 6.61 Å². The molecule has 96 valence electrons. The quantitative estimate of drug-likeness (QED) is 0.643. The molecule has 0 aromatic heterocycles. The van der Waals surface area contributed by atoms with Gasteiger partial charge in [-0.2, -0.15) is 0 Å². The van der Waals surface area contributed by atoms with E-state index < -0.39 is 9.76 Å². The van der Waals surface area contributed by atoms with E-state index in [1.165, 1.54) is 0 Å². The molecular weight excluding hydrogens is 296 g/mol. The Balaban J connectivity index is 0.00000225. The van der Waals surface area contributed by atoms with Crippen LogP contribution in [0.5, 0.6) is 0 Å². The van der Waals surface area contributed by atoms with E-state index in [9.17, 15) is 4.79 Å². The van der Waals surface area contributed by atoms with Gasteiger partial charge in [-0.15, -0.1) is 12.4 Å². The number of halogens is 4. The van der Waals surface area contributed by atoms with Crippen LogP contribution in [0.25, 0.3) is 0 Å². The molecule has 0 aliphatic carbocycles. The van der Waals surface area contributed by atoms with Gasteiger partial charge in [-0.3, -0.25) is 0 Å². The smallest absolute Gasteiger partial charge is 0.358 e. The van der Waals surface area contributed by atoms with Crippen LogP contribution >= 0.6 is 47.2 Å². The van der Waals surface area contributed by atoms with E-state index in [-0.39, 0.29) is 12.4 Å². The van der Waals surface area contributed by atoms with Crippen molar-refractivity contribution < 1.29 is 9.53 Å². The minimum atomic E-state index is -1.95. The summed E-state index contributed by atoms with van der Waals surface area (Å²) in [6.45, 7) is 2.39. The Morgan fingerprint density at radius 1 is 1.31 bits per heavy atom. The summed E-state index contributed by atoms with van der Waals surface area (Å²) < 4.78 is 2.90. The molecule has 3 nitrogen and oxygen atoms in total. The highest BCUT2D eigenvalue weighted by Gasteiger charge is 2.32. The minimum absolute atomic E-state index is 0. The van der Waals surface area contributed by atoms with Crippen molar-refractivity contribution in [3.05, 3.63) is 0 Å². The SMILES string of the molecule is Cl.O=C(OCCC1CCNCC1)C(Cl)(Cl)Cl. The Bertz CT molecular complexity index is 214. The summed E-state index contributed by atoms with van der Waals surface area (Å²) in [6, 6.07) is 0. The summed E-state index contributed by atoms with van der Waals surface area (Å²) in [5.74, 6) is -0.184. The van der Waals surface area contributed by atoms with Crippen LogP contribution in [0.4, 0.5) is 0 Å². The average molecular weight is 311 g/mol. The van der Waals surface area contributed by atoms with Gasteiger partial charge < -0.3 is 10.1 Å². The summed E-state index contributed by atoms with van der Waals surface area (Å²) in [7, 11) is 0. The molecular formula is C9H15Cl4NO2. The molecule has 0 atom stereocenters. The molecule has 1 rings (SSSR count). The van der Waals surface area contributed by atoms with E-state index in [4.69, 9.17) is 39.5 Å². The second kappa shape index (κ2) is 7.83. The fourth-order valence-corrected chi connectivity index (χ4v) is 1.73. The summed E-state index contributed by atoms with van der Waals surface area (Å²) in [6.07, 6.45) is 3.07. The van der Waals surface area contributed by atoms with Gasteiger partial charge in [0.25, 0.3) is 3.79 Å². The van der Waals surface area contributed by atoms with Gasteiger partial charge in [0.2, 0.25) is 0 Å². The van der Waals surface area contributed by atoms with Crippen molar-refractivity contribution in [2.24, 2.45) is 5.92 Å². The Kier molecular flexibility index (Phi) is 8.12. The zero-order valence-corrected chi connectivity index (χ0v) is 11.8. The second-order valence-electron chi connectivity index (χ2n) is 3.62. The molecule has 0 aromatic carbocycles. The van der Waals surface area contributed by atoms with Crippen LogP contribution in [0.1, 0.15) is 19.3 Å². The van der Waals surface area contributed by atoms with Gasteiger partial charge in [0.15, 0.2) is 0 Å². The average Bonchev–Trinajstić information content (AvgIpc) is 2.18. The molecule has 0 saturated carbocycles. The fraction of sp³-hybridized carbons (Fsp3) is 0.889. The maximum atomic E-state index is 11.1. The van der Waals surface area contributed by atoms with Crippen molar-refractivity contribution in [2.45, 2.75) is 23.1 Å². The number of esters is 1. The molecule has 0 spiro atoms. The molecule has 0 unspecified atom stereocenters. The topological polar surface area (TPSA) is 38.3 Å². The van der Waals surface area contributed by atoms with Gasteiger partial charge in [-0.1, -0.05) is 34.8 Å². The number of carbonyl (C=O) groups excluding carboxylic acids is 1. The molecule has 0 aromatic rings. The Hall–Kier alpha value is 0.590. The van der Waals surface area contributed by atoms with Crippen molar-refractivity contribution in [1.29, 1.82) is 0 Å². The lowest BCUT2D eigenvalue weighted by Crippen LogP contribution is -2.29. The maximum absolute atomic E-state index is 11.1. The van der Waals surface area contributed by atoms with Crippen LogP contribution < -0.4 is 5.32 Å². The maximum Gasteiger partial charge on any atom is 0.358 e. The van der Waals surface area contributed by atoms with E-state index in [0.29, 0.717) is 12.5 Å². The lowest BCUT2D eigenvalue weighted by molar-refractivity contribution is -0.142. The zero-order valence-electron chi connectivity index (χ0n) is 8.68. The predicted octanol–water partition coefficient (Wildman–Crippen LogP) is 2.71. The molecule has 1 saturated heterocycles. The number of piperidine rings is 1. The molecule has 16 heavy (non-hydrogen) atoms. The molecule has 1 fully saturated rings. The monoisotopic (exact) mass is 309 g/mol. The van der Waals surface area contributed by atoms with E-state index in [0.717, 1.165) is 32.4 Å². The second-order valence-corrected chi connectivity index (χ2v) is 5.90. The van der Waals surface area contributed by atoms with Crippen LogP contribution in [-0.2, 0) is 9.53 Å². The first-order chi connectivity index (χ1) is 7.00. The molecule has 1 heterocycles. The third-order valence-corrected chi connectivity index (χ3v) is 2.91. The summed E-state index contributed by atoms with van der Waals surface area (Å²) in [5, 5.41) is 3.27. The molecule has 0 radical (unpaired) electrons. The molecule has 0 bridgehead atoms. The number of hydrogen-bond donors (Lipinski definition) is 1. The van der Waals surface area contributed by atoms with E-state index in [1.54, 1.807) is 0 Å². The number of rotatable bonds is 3. The first-order valence-corrected chi connectivity index (χ1v) is 6.08. The Morgan fingerprint density at radius 3 is 2.38 bits per heavy atom. The van der Waals surface area contributed by atoms with Crippen LogP contribution in [0.3, 0.4) is 0 Å². The standard InChI is InChI=1S/C9H14Cl3NO2.ClH/c10-9(11,12)8(14)15-6-3-7-1-4-13-5-2-7;/h7,13H,1-6H2;1H. The number of carbonyl (C=O) groups is 1. The van der Waals surface area contributed by atoms with Gasteiger partial charge in [-0.25, -0.2) is 4.79 Å². The molecule has 1 N–H and O–H groups in total. The van der Waals surface area contributed by atoms with Crippen LogP contribution in [-0.4, -0.2) is 29.5 Å². The normalized spacial score (nSPS) is 17.7. The van der Waals surface area contributed by atoms with Crippen LogP contribution in [0.15, 0.2) is 0 Å². The summed E-state index contributed by atoms with van der Waals surface area (Å²) in [5.41, 5.74) is 0. The Morgan fingerprint density at radius 2 is 1.88 bits per heavy atom. The molecule has 1 aliphatic rings. The van der Waals surface area contributed by atoms with Crippen LogP contribution in [0.2, 0.25) is 0 Å². The lowest BCUT2D eigenvalue weighted by atomic mass is 9.95. The highest BCUT2D eigenvalue weighted by Crippen LogP contribution is 2.27. The summed E-state index contributed by atoms with van der Waals surface area (Å²) >= 11 is 16.1. The van der Waals surface area contributed by atoms with Gasteiger partial charge in [0.1, 0.15) is 0 Å². The Labute approximate surface area is 117 Å². The van der Waals surface area contributed by atoms with Crippen molar-refractivity contribution in [1.82, 2.24) is 5.32 Å². The van der Waals surface area contributed by atoms with Gasteiger partial charge in [0, 0.05) is 0 Å². The first kappa shape index (κ1) is 16.6. The number of ether oxygens (including phenoxy) is 1. The number of hydrogen-bond acceptors (Lipinski definition) is 3. The van der Waals surface area contributed by atoms with Crippen LogP contribution in [0, 0.1) is 5.92 Å². The predicted molar refractivity (Wildman–Crippen MR) is 68.7 cm³/mol. The third kappa shape index (κ3) is 6.36. The number of alkyl halides is 3. The van der Waals surface area contributed by atoms with Crippen molar-refractivity contribution in [2.75, 3.05) is 19.7 Å². The van der Waals surface area contributed by atoms with Gasteiger partial charge >= 0.3 is 5.97 Å².